The van der Waals surface area contributed by atoms with Gasteiger partial charge < -0.3 is 15.2 Å². The SMILES string of the molecule is CCn1nc(C)cc1C(=O)NCC1CCC(C(=O)O)O1. The molecule has 1 aromatic rings. The Morgan fingerprint density at radius 3 is 2.90 bits per heavy atom. The van der Waals surface area contributed by atoms with Crippen molar-refractivity contribution < 1.29 is 19.4 Å². The molecule has 7 heteroatoms. The summed E-state index contributed by atoms with van der Waals surface area (Å²) < 4.78 is 6.97. The summed E-state index contributed by atoms with van der Waals surface area (Å²) in [4.78, 5) is 22.8. The second-order valence-electron chi connectivity index (χ2n) is 4.86. The van der Waals surface area contributed by atoms with Crippen LogP contribution >= 0.6 is 0 Å². The molecular formula is C13H19N3O4. The molecular weight excluding hydrogens is 262 g/mol. The summed E-state index contributed by atoms with van der Waals surface area (Å²) in [6.07, 6.45) is 0.144. The van der Waals surface area contributed by atoms with Crippen LogP contribution in [0.2, 0.25) is 0 Å². The first-order chi connectivity index (χ1) is 9.51. The minimum atomic E-state index is -0.946. The van der Waals surface area contributed by atoms with Gasteiger partial charge in [0.05, 0.1) is 11.8 Å². The average molecular weight is 281 g/mol. The van der Waals surface area contributed by atoms with Crippen molar-refractivity contribution in [3.05, 3.63) is 17.5 Å². The number of carbonyl (C=O) groups excluding carboxylic acids is 1. The van der Waals surface area contributed by atoms with Crippen molar-refractivity contribution in [3.8, 4) is 0 Å². The summed E-state index contributed by atoms with van der Waals surface area (Å²) in [6, 6.07) is 1.73. The number of nitrogens with one attached hydrogen (secondary N) is 1. The van der Waals surface area contributed by atoms with Crippen LogP contribution in [0.3, 0.4) is 0 Å². The standard InChI is InChI=1S/C13H19N3O4/c1-3-16-10(6-8(2)15-16)12(17)14-7-9-4-5-11(20-9)13(18)19/h6,9,11H,3-5,7H2,1-2H3,(H,14,17)(H,18,19). The molecule has 0 saturated carbocycles. The van der Waals surface area contributed by atoms with Gasteiger partial charge in [0.25, 0.3) is 5.91 Å². The summed E-state index contributed by atoms with van der Waals surface area (Å²) in [6.45, 7) is 4.69. The minimum absolute atomic E-state index is 0.213. The lowest BCUT2D eigenvalue weighted by atomic mass is 10.2. The summed E-state index contributed by atoms with van der Waals surface area (Å²) in [5.74, 6) is -1.16. The van der Waals surface area contributed by atoms with E-state index >= 15 is 0 Å². The molecule has 20 heavy (non-hydrogen) atoms. The van der Waals surface area contributed by atoms with E-state index in [1.54, 1.807) is 10.7 Å². The molecule has 1 amide bonds. The number of nitrogens with zero attached hydrogens (tertiary/aromatic N) is 2. The maximum absolute atomic E-state index is 12.1. The van der Waals surface area contributed by atoms with E-state index < -0.39 is 12.1 Å². The van der Waals surface area contributed by atoms with Crippen LogP contribution in [0.5, 0.6) is 0 Å². The van der Waals surface area contributed by atoms with Crippen molar-refractivity contribution >= 4 is 11.9 Å². The lowest BCUT2D eigenvalue weighted by Crippen LogP contribution is -2.34. The second kappa shape index (κ2) is 6.04. The molecule has 0 bridgehead atoms. The summed E-state index contributed by atoms with van der Waals surface area (Å²) >= 11 is 0. The fraction of sp³-hybridized carbons (Fsp3) is 0.615. The number of aliphatic carboxylic acids is 1. The number of rotatable bonds is 5. The van der Waals surface area contributed by atoms with Crippen LogP contribution in [0.1, 0.15) is 35.9 Å². The van der Waals surface area contributed by atoms with Gasteiger partial charge in [-0.3, -0.25) is 9.48 Å². The highest BCUT2D eigenvalue weighted by molar-refractivity contribution is 5.92. The van der Waals surface area contributed by atoms with E-state index in [9.17, 15) is 9.59 Å². The van der Waals surface area contributed by atoms with Crippen molar-refractivity contribution in [3.63, 3.8) is 0 Å². The van der Waals surface area contributed by atoms with Gasteiger partial charge in [0.1, 0.15) is 5.69 Å². The van der Waals surface area contributed by atoms with Crippen molar-refractivity contribution in [2.75, 3.05) is 6.54 Å². The third kappa shape index (κ3) is 3.16. The number of carboxylic acid groups (broad SMARTS) is 1. The van der Waals surface area contributed by atoms with E-state index in [4.69, 9.17) is 9.84 Å². The molecule has 1 saturated heterocycles. The first-order valence-electron chi connectivity index (χ1n) is 6.72. The first kappa shape index (κ1) is 14.5. The van der Waals surface area contributed by atoms with Crippen LogP contribution < -0.4 is 5.32 Å². The highest BCUT2D eigenvalue weighted by Gasteiger charge is 2.30. The van der Waals surface area contributed by atoms with Crippen molar-refractivity contribution in [2.24, 2.45) is 0 Å². The Balaban J connectivity index is 1.88. The Hall–Kier alpha value is -1.89. The van der Waals surface area contributed by atoms with E-state index in [1.165, 1.54) is 0 Å². The molecule has 2 atom stereocenters. The van der Waals surface area contributed by atoms with Crippen LogP contribution in [-0.2, 0) is 16.1 Å². The molecule has 0 aliphatic carbocycles. The number of ether oxygens (including phenoxy) is 1. The smallest absolute Gasteiger partial charge is 0.332 e. The van der Waals surface area contributed by atoms with Crippen LogP contribution in [0.15, 0.2) is 6.07 Å². The normalized spacial score (nSPS) is 21.9. The molecule has 110 valence electrons. The molecule has 2 rings (SSSR count). The van der Waals surface area contributed by atoms with Gasteiger partial charge >= 0.3 is 5.97 Å². The van der Waals surface area contributed by atoms with Gasteiger partial charge in [0.15, 0.2) is 6.10 Å². The van der Waals surface area contributed by atoms with Gasteiger partial charge in [-0.1, -0.05) is 0 Å². The molecule has 0 aromatic carbocycles. The average Bonchev–Trinajstić information content (AvgIpc) is 3.02. The van der Waals surface area contributed by atoms with Gasteiger partial charge in [0.2, 0.25) is 0 Å². The number of aromatic nitrogens is 2. The fourth-order valence-corrected chi connectivity index (χ4v) is 2.30. The zero-order valence-electron chi connectivity index (χ0n) is 11.6. The van der Waals surface area contributed by atoms with E-state index in [2.05, 4.69) is 10.4 Å². The molecule has 1 fully saturated rings. The van der Waals surface area contributed by atoms with Crippen molar-refractivity contribution in [1.82, 2.24) is 15.1 Å². The Labute approximate surface area is 116 Å². The predicted octanol–water partition coefficient (Wildman–Crippen LogP) is 0.573. The van der Waals surface area contributed by atoms with Crippen molar-refractivity contribution in [2.45, 2.75) is 45.4 Å². The van der Waals surface area contributed by atoms with Gasteiger partial charge in [-0.2, -0.15) is 5.10 Å². The number of amides is 1. The Morgan fingerprint density at radius 2 is 2.30 bits per heavy atom. The maximum atomic E-state index is 12.1. The number of carboxylic acids is 1. The minimum Gasteiger partial charge on any atom is -0.479 e. The lowest BCUT2D eigenvalue weighted by Gasteiger charge is -2.12. The largest absolute Gasteiger partial charge is 0.479 e. The predicted molar refractivity (Wildman–Crippen MR) is 70.5 cm³/mol. The fourth-order valence-electron chi connectivity index (χ4n) is 2.30. The highest BCUT2D eigenvalue weighted by atomic mass is 16.5. The third-order valence-corrected chi connectivity index (χ3v) is 3.31. The molecule has 7 nitrogen and oxygen atoms in total. The number of aryl methyl sites for hydroxylation is 2. The second-order valence-corrected chi connectivity index (χ2v) is 4.86. The van der Waals surface area contributed by atoms with E-state index in [0.717, 1.165) is 5.69 Å². The Kier molecular flexibility index (Phi) is 4.39. The van der Waals surface area contributed by atoms with Gasteiger partial charge in [-0.25, -0.2) is 4.79 Å². The topological polar surface area (TPSA) is 93.5 Å². The van der Waals surface area contributed by atoms with Crippen molar-refractivity contribution in [1.29, 1.82) is 0 Å². The Morgan fingerprint density at radius 1 is 1.55 bits per heavy atom. The zero-order chi connectivity index (χ0) is 14.7. The lowest BCUT2D eigenvalue weighted by molar-refractivity contribution is -0.149. The molecule has 0 radical (unpaired) electrons. The third-order valence-electron chi connectivity index (χ3n) is 3.31. The molecule has 1 aliphatic rings. The molecule has 1 aromatic heterocycles. The summed E-state index contributed by atoms with van der Waals surface area (Å²) in [5.41, 5.74) is 1.30. The molecule has 0 spiro atoms. The quantitative estimate of drug-likeness (QED) is 0.823. The molecule has 2 heterocycles. The monoisotopic (exact) mass is 281 g/mol. The molecule has 2 unspecified atom stereocenters. The van der Waals surface area contributed by atoms with Crippen LogP contribution in [0.25, 0.3) is 0 Å². The zero-order valence-corrected chi connectivity index (χ0v) is 11.6. The van der Waals surface area contributed by atoms with E-state index in [-0.39, 0.29) is 12.0 Å². The van der Waals surface area contributed by atoms with E-state index in [0.29, 0.717) is 31.6 Å². The van der Waals surface area contributed by atoms with Crippen LogP contribution in [0.4, 0.5) is 0 Å². The number of hydrogen-bond donors (Lipinski definition) is 2. The number of carbonyl (C=O) groups is 2. The van der Waals surface area contributed by atoms with Gasteiger partial charge in [-0.15, -0.1) is 0 Å². The molecule has 2 N–H and O–H groups in total. The molecule has 1 aliphatic heterocycles. The Bertz CT molecular complexity index is 512. The van der Waals surface area contributed by atoms with Crippen LogP contribution in [0, 0.1) is 6.92 Å². The summed E-state index contributed by atoms with van der Waals surface area (Å²) in [5, 5.41) is 15.8. The first-order valence-corrected chi connectivity index (χ1v) is 6.72. The van der Waals surface area contributed by atoms with Gasteiger partial charge in [0, 0.05) is 13.1 Å². The summed E-state index contributed by atoms with van der Waals surface area (Å²) in [7, 11) is 0. The highest BCUT2D eigenvalue weighted by Crippen LogP contribution is 2.19. The number of hydrogen-bond acceptors (Lipinski definition) is 4. The van der Waals surface area contributed by atoms with Crippen LogP contribution in [-0.4, -0.2) is 45.5 Å². The van der Waals surface area contributed by atoms with E-state index in [1.807, 2.05) is 13.8 Å². The maximum Gasteiger partial charge on any atom is 0.332 e. The van der Waals surface area contributed by atoms with Gasteiger partial charge in [-0.05, 0) is 32.8 Å².